The Morgan fingerprint density at radius 3 is 2.48 bits per heavy atom. The summed E-state index contributed by atoms with van der Waals surface area (Å²) in [4.78, 5) is 2.41. The van der Waals surface area contributed by atoms with Crippen LogP contribution in [0.1, 0.15) is 29.4 Å². The van der Waals surface area contributed by atoms with Crippen molar-refractivity contribution in [2.24, 2.45) is 0 Å². The third kappa shape index (κ3) is 3.18. The van der Waals surface area contributed by atoms with Gasteiger partial charge in [-0.3, -0.25) is 9.58 Å². The maximum atomic E-state index is 5.82. The lowest BCUT2D eigenvalue weighted by molar-refractivity contribution is 0.0883. The monoisotopic (exact) mass is 343 g/mol. The highest BCUT2D eigenvalue weighted by molar-refractivity contribution is 5.51. The summed E-state index contributed by atoms with van der Waals surface area (Å²) in [6.07, 6.45) is 0.906. The lowest BCUT2D eigenvalue weighted by atomic mass is 10.1. The topological polar surface area (TPSA) is 48.8 Å². The Hall–Kier alpha value is -2.21. The summed E-state index contributed by atoms with van der Waals surface area (Å²) >= 11 is 0. The third-order valence-corrected chi connectivity index (χ3v) is 4.87. The second-order valence-electron chi connectivity index (χ2n) is 6.88. The van der Waals surface area contributed by atoms with Gasteiger partial charge in [0, 0.05) is 43.4 Å². The highest BCUT2D eigenvalue weighted by Gasteiger charge is 2.30. The van der Waals surface area contributed by atoms with Crippen LogP contribution in [0.2, 0.25) is 0 Å². The van der Waals surface area contributed by atoms with E-state index in [1.165, 1.54) is 5.69 Å². The molecule has 0 unspecified atom stereocenters. The van der Waals surface area contributed by atoms with Crippen LogP contribution in [0.3, 0.4) is 0 Å². The fraction of sp³-hybridized carbons (Fsp3) is 0.526. The van der Waals surface area contributed by atoms with Crippen LogP contribution in [0, 0.1) is 13.8 Å². The molecule has 0 radical (unpaired) electrons. The summed E-state index contributed by atoms with van der Waals surface area (Å²) in [6.45, 7) is 8.39. The number of fused-ring (bicyclic) bond motifs is 1. The Morgan fingerprint density at radius 1 is 1.12 bits per heavy atom. The van der Waals surface area contributed by atoms with E-state index in [1.54, 1.807) is 7.11 Å². The number of ether oxygens (including phenoxy) is 3. The summed E-state index contributed by atoms with van der Waals surface area (Å²) in [6, 6.07) is 6.61. The molecule has 6 heteroatoms. The van der Waals surface area contributed by atoms with Gasteiger partial charge in [-0.25, -0.2) is 0 Å². The Morgan fingerprint density at radius 2 is 1.84 bits per heavy atom. The molecule has 0 bridgehead atoms. The summed E-state index contributed by atoms with van der Waals surface area (Å²) in [5.41, 5.74) is 3.45. The summed E-state index contributed by atoms with van der Waals surface area (Å²) in [5.74, 6) is 2.46. The molecule has 3 heterocycles. The SMILES string of the molecule is COc1cc2c(cc1CN1CC(n3nc(C)cc3C)C1)OCCCO2. The zero-order chi connectivity index (χ0) is 17.4. The Balaban J connectivity index is 1.46. The van der Waals surface area contributed by atoms with E-state index in [2.05, 4.69) is 33.7 Å². The second-order valence-corrected chi connectivity index (χ2v) is 6.88. The largest absolute Gasteiger partial charge is 0.496 e. The number of methoxy groups -OCH3 is 1. The average molecular weight is 343 g/mol. The van der Waals surface area contributed by atoms with Crippen molar-refractivity contribution in [2.75, 3.05) is 33.4 Å². The van der Waals surface area contributed by atoms with Crippen LogP contribution in [-0.2, 0) is 6.54 Å². The highest BCUT2D eigenvalue weighted by atomic mass is 16.5. The van der Waals surface area contributed by atoms with Gasteiger partial charge in [0.25, 0.3) is 0 Å². The molecule has 0 spiro atoms. The molecule has 0 amide bonds. The number of nitrogens with zero attached hydrogens (tertiary/aromatic N) is 3. The van der Waals surface area contributed by atoms with E-state index in [9.17, 15) is 0 Å². The minimum atomic E-state index is 0.458. The normalized spacial score (nSPS) is 17.9. The zero-order valence-corrected chi connectivity index (χ0v) is 15.1. The van der Waals surface area contributed by atoms with Gasteiger partial charge in [0.15, 0.2) is 11.5 Å². The quantitative estimate of drug-likeness (QED) is 0.854. The molecule has 4 rings (SSSR count). The molecule has 2 aliphatic rings. The molecule has 0 aliphatic carbocycles. The van der Waals surface area contributed by atoms with Gasteiger partial charge in [0.1, 0.15) is 5.75 Å². The summed E-state index contributed by atoms with van der Waals surface area (Å²) in [7, 11) is 1.71. The summed E-state index contributed by atoms with van der Waals surface area (Å²) < 4.78 is 19.3. The maximum absolute atomic E-state index is 5.82. The van der Waals surface area contributed by atoms with Crippen molar-refractivity contribution in [1.82, 2.24) is 14.7 Å². The standard InChI is InChI=1S/C19H25N3O3/c1-13-7-14(2)22(20-13)16-11-21(12-16)10-15-8-18-19(9-17(15)23-3)25-6-4-5-24-18/h7-9,16H,4-6,10-12H2,1-3H3. The van der Waals surface area contributed by atoms with Crippen LogP contribution in [0.15, 0.2) is 18.2 Å². The van der Waals surface area contributed by atoms with Crippen LogP contribution in [0.4, 0.5) is 0 Å². The third-order valence-electron chi connectivity index (χ3n) is 4.87. The molecular formula is C19H25N3O3. The van der Waals surface area contributed by atoms with Gasteiger partial charge in [0.2, 0.25) is 0 Å². The van der Waals surface area contributed by atoms with E-state index in [4.69, 9.17) is 14.2 Å². The van der Waals surface area contributed by atoms with Crippen LogP contribution >= 0.6 is 0 Å². The van der Waals surface area contributed by atoms with Gasteiger partial charge in [-0.05, 0) is 26.0 Å². The van der Waals surface area contributed by atoms with Gasteiger partial charge in [-0.15, -0.1) is 0 Å². The molecule has 2 aliphatic heterocycles. The van der Waals surface area contributed by atoms with Crippen molar-refractivity contribution in [2.45, 2.75) is 32.9 Å². The number of aryl methyl sites for hydroxylation is 2. The number of likely N-dealkylation sites (tertiary alicyclic amines) is 1. The van der Waals surface area contributed by atoms with Crippen LogP contribution < -0.4 is 14.2 Å². The van der Waals surface area contributed by atoms with Crippen LogP contribution in [0.25, 0.3) is 0 Å². The first-order valence-electron chi connectivity index (χ1n) is 8.85. The van der Waals surface area contributed by atoms with Crippen LogP contribution in [-0.4, -0.2) is 48.1 Å². The van der Waals surface area contributed by atoms with E-state index in [0.29, 0.717) is 19.3 Å². The summed E-state index contributed by atoms with van der Waals surface area (Å²) in [5, 5.41) is 4.60. The fourth-order valence-electron chi connectivity index (χ4n) is 3.63. The van der Waals surface area contributed by atoms with E-state index in [-0.39, 0.29) is 0 Å². The van der Waals surface area contributed by atoms with Gasteiger partial charge < -0.3 is 14.2 Å². The maximum Gasteiger partial charge on any atom is 0.164 e. The van der Waals surface area contributed by atoms with Gasteiger partial charge in [-0.2, -0.15) is 5.10 Å². The molecule has 0 saturated carbocycles. The van der Waals surface area contributed by atoms with Crippen molar-refractivity contribution < 1.29 is 14.2 Å². The van der Waals surface area contributed by atoms with Crippen molar-refractivity contribution >= 4 is 0 Å². The van der Waals surface area contributed by atoms with Gasteiger partial charge in [0.05, 0.1) is 32.1 Å². The van der Waals surface area contributed by atoms with E-state index >= 15 is 0 Å². The van der Waals surface area contributed by atoms with Gasteiger partial charge >= 0.3 is 0 Å². The molecule has 25 heavy (non-hydrogen) atoms. The van der Waals surface area contributed by atoms with E-state index in [1.807, 2.05) is 13.0 Å². The molecule has 1 fully saturated rings. The molecule has 2 aromatic rings. The Bertz CT molecular complexity index is 766. The predicted octanol–water partition coefficient (Wildman–Crippen LogP) is 2.73. The molecule has 1 aromatic carbocycles. The van der Waals surface area contributed by atoms with E-state index in [0.717, 1.165) is 54.6 Å². The lowest BCUT2D eigenvalue weighted by Crippen LogP contribution is -2.47. The molecule has 0 N–H and O–H groups in total. The lowest BCUT2D eigenvalue weighted by Gasteiger charge is -2.40. The number of aromatic nitrogens is 2. The number of hydrogen-bond acceptors (Lipinski definition) is 5. The molecule has 1 aromatic heterocycles. The first-order valence-corrected chi connectivity index (χ1v) is 8.85. The molecular weight excluding hydrogens is 318 g/mol. The minimum absolute atomic E-state index is 0.458. The van der Waals surface area contributed by atoms with Crippen LogP contribution in [0.5, 0.6) is 17.2 Å². The zero-order valence-electron chi connectivity index (χ0n) is 15.1. The molecule has 1 saturated heterocycles. The smallest absolute Gasteiger partial charge is 0.164 e. The van der Waals surface area contributed by atoms with Crippen molar-refractivity contribution in [3.8, 4) is 17.2 Å². The highest BCUT2D eigenvalue weighted by Crippen LogP contribution is 2.38. The fourth-order valence-corrected chi connectivity index (χ4v) is 3.63. The Kier molecular flexibility index (Phi) is 4.29. The van der Waals surface area contributed by atoms with Gasteiger partial charge in [-0.1, -0.05) is 0 Å². The van der Waals surface area contributed by atoms with Crippen molar-refractivity contribution in [1.29, 1.82) is 0 Å². The number of benzene rings is 1. The average Bonchev–Trinajstić information content (AvgIpc) is 2.76. The minimum Gasteiger partial charge on any atom is -0.496 e. The Labute approximate surface area is 148 Å². The first kappa shape index (κ1) is 16.3. The second kappa shape index (κ2) is 6.59. The van der Waals surface area contributed by atoms with Crippen molar-refractivity contribution in [3.05, 3.63) is 35.2 Å². The van der Waals surface area contributed by atoms with Crippen molar-refractivity contribution in [3.63, 3.8) is 0 Å². The number of hydrogen-bond donors (Lipinski definition) is 0. The van der Waals surface area contributed by atoms with E-state index < -0.39 is 0 Å². The first-order chi connectivity index (χ1) is 12.1. The predicted molar refractivity (Wildman–Crippen MR) is 94.6 cm³/mol. The molecule has 134 valence electrons. The molecule has 0 atom stereocenters. The molecule has 6 nitrogen and oxygen atoms in total. The number of rotatable bonds is 4.